The van der Waals surface area contributed by atoms with Crippen LogP contribution in [-0.4, -0.2) is 82.3 Å². The number of rotatable bonds is 74. The van der Waals surface area contributed by atoms with Gasteiger partial charge < -0.3 is 33.3 Å². The Morgan fingerprint density at radius 3 is 0.904 bits per heavy atom. The maximum Gasteiger partial charge on any atom is 0.306 e. The fraction of sp³-hybridized carbons (Fsp3) is 0.776. The maximum atomic E-state index is 13.0. The van der Waals surface area contributed by atoms with Crippen LogP contribution in [0.2, 0.25) is 0 Å². The van der Waals surface area contributed by atoms with Gasteiger partial charge >= 0.3 is 11.9 Å². The topological polar surface area (TPSA) is 111 Å². The van der Waals surface area contributed by atoms with E-state index in [4.69, 9.17) is 18.9 Å². The molecular weight excluding hydrogens is 1160 g/mol. The number of carbonyl (C=O) groups excluding carboxylic acids is 3. The molecule has 0 aromatic carbocycles. The average Bonchev–Trinajstić information content (AvgIpc) is 3.35. The Balaban J connectivity index is 4.04. The van der Waals surface area contributed by atoms with E-state index in [1.165, 1.54) is 238 Å². The van der Waals surface area contributed by atoms with Crippen LogP contribution in [0.15, 0.2) is 97.2 Å². The summed E-state index contributed by atoms with van der Waals surface area (Å²) in [7, 11) is 5.94. The van der Waals surface area contributed by atoms with E-state index >= 15 is 0 Å². The molecule has 0 rings (SSSR count). The maximum absolute atomic E-state index is 13.0. The van der Waals surface area contributed by atoms with Gasteiger partial charge in [0.15, 0.2) is 12.4 Å². The van der Waals surface area contributed by atoms with E-state index in [1.807, 2.05) is 21.1 Å². The molecular formula is C85H151NO8. The van der Waals surface area contributed by atoms with Crippen molar-refractivity contribution in [1.82, 2.24) is 0 Å². The van der Waals surface area contributed by atoms with Crippen LogP contribution in [0, 0.1) is 0 Å². The third-order valence-electron chi connectivity index (χ3n) is 17.6. The highest BCUT2D eigenvalue weighted by Crippen LogP contribution is 2.19. The predicted molar refractivity (Wildman–Crippen MR) is 403 cm³/mol. The van der Waals surface area contributed by atoms with E-state index in [1.54, 1.807) is 0 Å². The number of aliphatic carboxylic acids is 1. The number of ether oxygens (including phenoxy) is 4. The van der Waals surface area contributed by atoms with Gasteiger partial charge in [0.2, 0.25) is 0 Å². The minimum atomic E-state index is -1.63. The number of likely N-dealkylation sites (N-methyl/N-ethyl adjacent to an activating group) is 1. The molecule has 94 heavy (non-hydrogen) atoms. The summed E-state index contributed by atoms with van der Waals surface area (Å²) in [6.07, 6.45) is 101. The summed E-state index contributed by atoms with van der Waals surface area (Å²) < 4.78 is 22.9. The molecule has 9 heteroatoms. The van der Waals surface area contributed by atoms with Crippen molar-refractivity contribution < 1.29 is 42.9 Å². The zero-order chi connectivity index (χ0) is 68.2. The first kappa shape index (κ1) is 90.2. The van der Waals surface area contributed by atoms with Crippen LogP contribution in [0.25, 0.3) is 0 Å². The molecule has 9 nitrogen and oxygen atoms in total. The number of esters is 2. The van der Waals surface area contributed by atoms with Gasteiger partial charge in [0.05, 0.1) is 40.3 Å². The quantitative estimate of drug-likeness (QED) is 0.0195. The molecule has 0 N–H and O–H groups in total. The lowest BCUT2D eigenvalue weighted by Gasteiger charge is -2.26. The number of hydrogen-bond donors (Lipinski definition) is 0. The van der Waals surface area contributed by atoms with Gasteiger partial charge in [-0.05, 0) is 77.0 Å². The zero-order valence-corrected chi connectivity index (χ0v) is 62.3. The summed E-state index contributed by atoms with van der Waals surface area (Å²) in [5, 5.41) is 11.9. The molecule has 0 aromatic rings. The van der Waals surface area contributed by atoms with Gasteiger partial charge in [0.1, 0.15) is 13.2 Å². The average molecular weight is 1320 g/mol. The van der Waals surface area contributed by atoms with Crippen LogP contribution >= 0.6 is 0 Å². The molecule has 544 valence electrons. The summed E-state index contributed by atoms with van der Waals surface area (Å²) in [6.45, 7) is 4.67. The molecule has 0 aromatic heterocycles. The van der Waals surface area contributed by atoms with E-state index in [0.717, 1.165) is 96.3 Å². The number of unbranched alkanes of at least 4 members (excludes halogenated alkanes) is 43. The van der Waals surface area contributed by atoms with E-state index in [0.29, 0.717) is 23.9 Å². The molecule has 0 bridgehead atoms. The van der Waals surface area contributed by atoms with Crippen LogP contribution in [0.3, 0.4) is 0 Å². The summed E-state index contributed by atoms with van der Waals surface area (Å²) >= 11 is 0. The highest BCUT2D eigenvalue weighted by Gasteiger charge is 2.22. The Labute approximate surface area is 582 Å². The molecule has 0 spiro atoms. The van der Waals surface area contributed by atoms with Crippen molar-refractivity contribution >= 4 is 17.9 Å². The van der Waals surface area contributed by atoms with Crippen molar-refractivity contribution in [3.63, 3.8) is 0 Å². The molecule has 2 atom stereocenters. The molecule has 0 aliphatic rings. The number of quaternary nitrogens is 1. The van der Waals surface area contributed by atoms with E-state index in [9.17, 15) is 19.5 Å². The third-order valence-corrected chi connectivity index (χ3v) is 17.6. The van der Waals surface area contributed by atoms with Crippen LogP contribution < -0.4 is 5.11 Å². The van der Waals surface area contributed by atoms with Crippen molar-refractivity contribution in [3.05, 3.63) is 97.2 Å². The Morgan fingerprint density at radius 1 is 0.330 bits per heavy atom. The van der Waals surface area contributed by atoms with Crippen LogP contribution in [0.4, 0.5) is 0 Å². The molecule has 0 aliphatic carbocycles. The number of carbonyl (C=O) groups is 3. The molecule has 0 heterocycles. The Bertz CT molecular complexity index is 1870. The second-order valence-electron chi connectivity index (χ2n) is 28.0. The third kappa shape index (κ3) is 75.6. The lowest BCUT2D eigenvalue weighted by molar-refractivity contribution is -0.870. The normalized spacial score (nSPS) is 13.2. The van der Waals surface area contributed by atoms with E-state index in [2.05, 4.69) is 111 Å². The zero-order valence-electron chi connectivity index (χ0n) is 62.3. The highest BCUT2D eigenvalue weighted by atomic mass is 16.7. The fourth-order valence-corrected chi connectivity index (χ4v) is 11.6. The standard InChI is InChI=1S/C85H151NO8/c1-6-8-10-12-14-16-18-20-22-24-26-28-30-32-34-36-38-40-41-42-44-45-47-49-51-53-55-57-59-61-63-65-67-69-71-73-75-82(87)92-79-81(80-93-85(84(89)90)91-78-77-86(3,4)5)94-83(88)76-74-72-70-68-66-64-62-60-58-56-54-52-50-48-46-43-39-37-35-33-31-29-27-25-23-21-19-17-15-13-11-9-7-2/h9,11,15,17,21,23,27,29,33,35,39,43,48,50,54,56,81,85H,6-8,10,12-14,16,18-20,22,24-26,28,30-32,34,36-38,40-42,44-47,49,51-53,55,57-80H2,1-5H3/b11-9-,17-15-,23-21-,29-27-,35-33-,43-39-,50-48-,56-54-. The molecule has 0 fully saturated rings. The second kappa shape index (κ2) is 75.0. The van der Waals surface area contributed by atoms with Gasteiger partial charge in [-0.3, -0.25) is 9.59 Å². The van der Waals surface area contributed by atoms with E-state index in [-0.39, 0.29) is 32.2 Å². The number of allylic oxidation sites excluding steroid dienone is 16. The van der Waals surface area contributed by atoms with Crippen molar-refractivity contribution in [2.45, 2.75) is 379 Å². The lowest BCUT2D eigenvalue weighted by atomic mass is 10.0. The molecule has 0 amide bonds. The smallest absolute Gasteiger partial charge is 0.306 e. The summed E-state index contributed by atoms with van der Waals surface area (Å²) in [5.41, 5.74) is 0. The summed E-state index contributed by atoms with van der Waals surface area (Å²) in [6, 6.07) is 0. The van der Waals surface area contributed by atoms with Gasteiger partial charge in [0, 0.05) is 12.8 Å². The number of hydrogen-bond acceptors (Lipinski definition) is 8. The Morgan fingerprint density at radius 2 is 0.606 bits per heavy atom. The fourth-order valence-electron chi connectivity index (χ4n) is 11.6. The molecule has 0 saturated carbocycles. The van der Waals surface area contributed by atoms with Crippen LogP contribution in [0.1, 0.15) is 367 Å². The van der Waals surface area contributed by atoms with Crippen LogP contribution in [-0.2, 0) is 33.3 Å². The van der Waals surface area contributed by atoms with Crippen molar-refractivity contribution in [3.8, 4) is 0 Å². The van der Waals surface area contributed by atoms with Gasteiger partial charge in [-0.1, -0.05) is 374 Å². The van der Waals surface area contributed by atoms with E-state index < -0.39 is 24.3 Å². The molecule has 0 saturated heterocycles. The molecule has 0 radical (unpaired) electrons. The highest BCUT2D eigenvalue weighted by molar-refractivity contribution is 5.70. The van der Waals surface area contributed by atoms with Crippen LogP contribution in [0.5, 0.6) is 0 Å². The molecule has 0 aliphatic heterocycles. The lowest BCUT2D eigenvalue weighted by Crippen LogP contribution is -2.44. The number of nitrogens with zero attached hydrogens (tertiary/aromatic N) is 1. The van der Waals surface area contributed by atoms with Gasteiger partial charge in [-0.25, -0.2) is 0 Å². The van der Waals surface area contributed by atoms with Crippen molar-refractivity contribution in [2.75, 3.05) is 47.5 Å². The van der Waals surface area contributed by atoms with Gasteiger partial charge in [0.25, 0.3) is 0 Å². The van der Waals surface area contributed by atoms with Gasteiger partial charge in [-0.15, -0.1) is 0 Å². The minimum Gasteiger partial charge on any atom is -0.545 e. The Hall–Kier alpha value is -3.79. The van der Waals surface area contributed by atoms with Crippen molar-refractivity contribution in [1.29, 1.82) is 0 Å². The number of carboxylic acid groups (broad SMARTS) is 1. The van der Waals surface area contributed by atoms with Crippen molar-refractivity contribution in [2.24, 2.45) is 0 Å². The first-order valence-electron chi connectivity index (χ1n) is 39.9. The summed E-state index contributed by atoms with van der Waals surface area (Å²) in [5.74, 6) is -2.28. The summed E-state index contributed by atoms with van der Waals surface area (Å²) in [4.78, 5) is 37.6. The largest absolute Gasteiger partial charge is 0.545 e. The minimum absolute atomic E-state index is 0.143. The molecule has 2 unspecified atom stereocenters. The first-order valence-corrected chi connectivity index (χ1v) is 39.9. The van der Waals surface area contributed by atoms with Gasteiger partial charge in [-0.2, -0.15) is 0 Å². The first-order chi connectivity index (χ1) is 46.1. The number of carboxylic acids is 1. The Kier molecular flexibility index (Phi) is 72.0. The SMILES string of the molecule is CC/C=C\C/C=C\C/C=C\C/C=C\C/C=C\C/C=C\C/C=C\C/C=C\CCCCCCCCCCC(=O)OC(COC(=O)CCCCCCCCCCCCCCCCCCCCCCCCCCCCCCCCCCCCCC)COC(OCC[N+](C)(C)C)C(=O)[O-]. The second-order valence-corrected chi connectivity index (χ2v) is 28.0. The predicted octanol–water partition coefficient (Wildman–Crippen LogP) is 24.2. The monoisotopic (exact) mass is 1310 g/mol.